The fourth-order valence-electron chi connectivity index (χ4n) is 2.93. The molecule has 0 amide bonds. The van der Waals surface area contributed by atoms with Crippen LogP contribution in [0.15, 0.2) is 30.7 Å². The van der Waals surface area contributed by atoms with Crippen molar-refractivity contribution in [3.63, 3.8) is 0 Å². The van der Waals surface area contributed by atoms with E-state index < -0.39 is 10.0 Å². The summed E-state index contributed by atoms with van der Waals surface area (Å²) in [7, 11) is -3.06. The van der Waals surface area contributed by atoms with Crippen molar-refractivity contribution in [2.75, 3.05) is 18.8 Å². The molecule has 0 unspecified atom stereocenters. The van der Waals surface area contributed by atoms with Crippen LogP contribution in [0.3, 0.4) is 0 Å². The first-order chi connectivity index (χ1) is 11.0. The molecule has 0 aromatic carbocycles. The number of hydrogen-bond acceptors (Lipinski definition) is 4. The van der Waals surface area contributed by atoms with Crippen molar-refractivity contribution in [2.24, 2.45) is 5.92 Å². The monoisotopic (exact) mass is 334 g/mol. The van der Waals surface area contributed by atoms with E-state index in [1.807, 2.05) is 32.2 Å². The lowest BCUT2D eigenvalue weighted by atomic mass is 10.0. The van der Waals surface area contributed by atoms with Crippen LogP contribution in [-0.4, -0.2) is 46.1 Å². The van der Waals surface area contributed by atoms with Gasteiger partial charge in [0.15, 0.2) is 0 Å². The van der Waals surface area contributed by atoms with Crippen LogP contribution in [0, 0.1) is 12.8 Å². The summed E-state index contributed by atoms with van der Waals surface area (Å²) in [6.07, 6.45) is 6.06. The van der Waals surface area contributed by atoms with Crippen molar-refractivity contribution in [3.8, 4) is 11.4 Å². The standard InChI is InChI=1S/C16H22N4O2S/c1-3-7-23(21,22)19-10-14(11-19)12-20-13(2)8-18-16(20)15-5-4-6-17-9-15/h4-6,8-9,14H,3,7,10-12H2,1-2H3. The van der Waals surface area contributed by atoms with E-state index in [4.69, 9.17) is 0 Å². The lowest BCUT2D eigenvalue weighted by molar-refractivity contribution is 0.179. The lowest BCUT2D eigenvalue weighted by Gasteiger charge is -2.38. The van der Waals surface area contributed by atoms with Crippen LogP contribution < -0.4 is 0 Å². The molecule has 0 radical (unpaired) electrons. The summed E-state index contributed by atoms with van der Waals surface area (Å²) in [6.45, 7) is 5.91. The van der Waals surface area contributed by atoms with Crippen molar-refractivity contribution < 1.29 is 8.42 Å². The van der Waals surface area contributed by atoms with Crippen molar-refractivity contribution in [1.82, 2.24) is 18.8 Å². The number of aryl methyl sites for hydroxylation is 1. The largest absolute Gasteiger partial charge is 0.328 e. The van der Waals surface area contributed by atoms with E-state index in [1.54, 1.807) is 16.7 Å². The van der Waals surface area contributed by atoms with Gasteiger partial charge in [-0.15, -0.1) is 0 Å². The van der Waals surface area contributed by atoms with Gasteiger partial charge in [0, 0.05) is 55.4 Å². The molecule has 23 heavy (non-hydrogen) atoms. The molecule has 2 aromatic rings. The molecule has 124 valence electrons. The Kier molecular flexibility index (Phi) is 4.50. The second-order valence-corrected chi connectivity index (χ2v) is 8.16. The fourth-order valence-corrected chi connectivity index (χ4v) is 4.58. The van der Waals surface area contributed by atoms with Gasteiger partial charge in [0.05, 0.1) is 5.75 Å². The van der Waals surface area contributed by atoms with Crippen LogP contribution >= 0.6 is 0 Å². The molecule has 1 aliphatic heterocycles. The maximum atomic E-state index is 12.0. The Morgan fingerprint density at radius 3 is 2.74 bits per heavy atom. The number of rotatable bonds is 6. The predicted octanol–water partition coefficient (Wildman–Crippen LogP) is 1.93. The minimum atomic E-state index is -3.06. The zero-order chi connectivity index (χ0) is 16.4. The van der Waals surface area contributed by atoms with Crippen LogP contribution in [0.2, 0.25) is 0 Å². The predicted molar refractivity (Wildman–Crippen MR) is 89.3 cm³/mol. The smallest absolute Gasteiger partial charge is 0.214 e. The number of nitrogens with zero attached hydrogens (tertiary/aromatic N) is 4. The quantitative estimate of drug-likeness (QED) is 0.809. The molecule has 0 atom stereocenters. The fraction of sp³-hybridized carbons (Fsp3) is 0.500. The topological polar surface area (TPSA) is 68.1 Å². The molecule has 3 rings (SSSR count). The van der Waals surface area contributed by atoms with Gasteiger partial charge in [0.2, 0.25) is 10.0 Å². The normalized spacial score (nSPS) is 16.4. The average molecular weight is 334 g/mol. The van der Waals surface area contributed by atoms with Crippen LogP contribution in [0.25, 0.3) is 11.4 Å². The molecule has 0 bridgehead atoms. The highest BCUT2D eigenvalue weighted by Crippen LogP contribution is 2.25. The molecular formula is C16H22N4O2S. The van der Waals surface area contributed by atoms with Gasteiger partial charge < -0.3 is 4.57 Å². The van der Waals surface area contributed by atoms with Crippen molar-refractivity contribution in [3.05, 3.63) is 36.4 Å². The maximum absolute atomic E-state index is 12.0. The van der Waals surface area contributed by atoms with Crippen molar-refractivity contribution >= 4 is 10.0 Å². The summed E-state index contributed by atoms with van der Waals surface area (Å²) in [5, 5.41) is 0. The molecule has 2 aromatic heterocycles. The van der Waals surface area contributed by atoms with Crippen molar-refractivity contribution in [2.45, 2.75) is 26.8 Å². The third kappa shape index (κ3) is 3.30. The van der Waals surface area contributed by atoms with E-state index in [0.717, 1.165) is 23.6 Å². The van der Waals surface area contributed by atoms with Crippen molar-refractivity contribution in [1.29, 1.82) is 0 Å². The zero-order valence-electron chi connectivity index (χ0n) is 13.5. The van der Waals surface area contributed by atoms with E-state index in [0.29, 0.717) is 25.4 Å². The molecule has 1 aliphatic rings. The molecule has 1 fully saturated rings. The highest BCUT2D eigenvalue weighted by molar-refractivity contribution is 7.89. The Morgan fingerprint density at radius 1 is 1.30 bits per heavy atom. The van der Waals surface area contributed by atoms with Gasteiger partial charge in [0.1, 0.15) is 5.82 Å². The van der Waals surface area contributed by atoms with Crippen LogP contribution in [0.4, 0.5) is 0 Å². The molecule has 6 nitrogen and oxygen atoms in total. The Morgan fingerprint density at radius 2 is 2.09 bits per heavy atom. The molecule has 7 heteroatoms. The number of sulfonamides is 1. The molecule has 0 saturated carbocycles. The highest BCUT2D eigenvalue weighted by atomic mass is 32.2. The van der Waals surface area contributed by atoms with E-state index >= 15 is 0 Å². The van der Waals surface area contributed by atoms with E-state index in [-0.39, 0.29) is 5.75 Å². The summed E-state index contributed by atoms with van der Waals surface area (Å²) < 4.78 is 27.8. The Hall–Kier alpha value is -1.73. The van der Waals surface area contributed by atoms with Gasteiger partial charge >= 0.3 is 0 Å². The van der Waals surface area contributed by atoms with Gasteiger partial charge in [-0.2, -0.15) is 0 Å². The minimum absolute atomic E-state index is 0.241. The SMILES string of the molecule is CCCS(=O)(=O)N1CC(Cn2c(C)cnc2-c2cccnc2)C1. The average Bonchev–Trinajstić information content (AvgIpc) is 2.84. The molecule has 1 saturated heterocycles. The zero-order valence-corrected chi connectivity index (χ0v) is 14.3. The summed E-state index contributed by atoms with van der Waals surface area (Å²) in [4.78, 5) is 8.63. The lowest BCUT2D eigenvalue weighted by Crippen LogP contribution is -2.52. The Bertz CT molecular complexity index is 765. The van der Waals surface area contributed by atoms with Gasteiger partial charge in [-0.05, 0) is 25.5 Å². The summed E-state index contributed by atoms with van der Waals surface area (Å²) in [6, 6.07) is 3.89. The number of pyridine rings is 1. The first-order valence-electron chi connectivity index (χ1n) is 7.91. The van der Waals surface area contributed by atoms with Gasteiger partial charge in [-0.25, -0.2) is 17.7 Å². The van der Waals surface area contributed by atoms with Crippen LogP contribution in [0.1, 0.15) is 19.0 Å². The summed E-state index contributed by atoms with van der Waals surface area (Å²) >= 11 is 0. The highest BCUT2D eigenvalue weighted by Gasteiger charge is 2.35. The van der Waals surface area contributed by atoms with Gasteiger partial charge in [0.25, 0.3) is 0 Å². The van der Waals surface area contributed by atoms with E-state index in [1.165, 1.54) is 0 Å². The van der Waals surface area contributed by atoms with E-state index in [2.05, 4.69) is 14.5 Å². The number of imidazole rings is 1. The molecule has 0 aliphatic carbocycles. The molecule has 0 N–H and O–H groups in total. The molecular weight excluding hydrogens is 312 g/mol. The third-order valence-electron chi connectivity index (χ3n) is 4.19. The van der Waals surface area contributed by atoms with Gasteiger partial charge in [-0.3, -0.25) is 4.98 Å². The first kappa shape index (κ1) is 16.1. The first-order valence-corrected chi connectivity index (χ1v) is 9.52. The number of aromatic nitrogens is 3. The molecule has 0 spiro atoms. The maximum Gasteiger partial charge on any atom is 0.214 e. The number of hydrogen-bond donors (Lipinski definition) is 0. The Balaban J connectivity index is 1.70. The third-order valence-corrected chi connectivity index (χ3v) is 6.20. The van der Waals surface area contributed by atoms with Crippen LogP contribution in [-0.2, 0) is 16.6 Å². The summed E-state index contributed by atoms with van der Waals surface area (Å²) in [5.74, 6) is 1.47. The van der Waals surface area contributed by atoms with Crippen LogP contribution in [0.5, 0.6) is 0 Å². The molecule has 3 heterocycles. The minimum Gasteiger partial charge on any atom is -0.328 e. The van der Waals surface area contributed by atoms with E-state index in [9.17, 15) is 8.42 Å². The second-order valence-electron chi connectivity index (χ2n) is 6.07. The second kappa shape index (κ2) is 6.41. The summed E-state index contributed by atoms with van der Waals surface area (Å²) in [5.41, 5.74) is 2.06. The Labute approximate surface area is 137 Å². The van der Waals surface area contributed by atoms with Gasteiger partial charge in [-0.1, -0.05) is 6.92 Å².